The molecule has 3 heteroatoms. The zero-order chi connectivity index (χ0) is 10.8. The van der Waals surface area contributed by atoms with Gasteiger partial charge >= 0.3 is 0 Å². The Morgan fingerprint density at radius 3 is 2.36 bits per heavy atom. The molecule has 1 N–H and O–H groups in total. The van der Waals surface area contributed by atoms with Crippen molar-refractivity contribution in [2.24, 2.45) is 0 Å². The second-order valence-electron chi connectivity index (χ2n) is 2.87. The van der Waals surface area contributed by atoms with Crippen LogP contribution in [0, 0.1) is 0 Å². The highest BCUT2D eigenvalue weighted by molar-refractivity contribution is 4.79. The first-order chi connectivity index (χ1) is 6.74. The summed E-state index contributed by atoms with van der Waals surface area (Å²) in [6.45, 7) is 8.42. The van der Waals surface area contributed by atoms with Gasteiger partial charge in [0.15, 0.2) is 6.29 Å². The standard InChI is InChI=1S/C11H20O3/c1-4-7-8-10(12)9-11(13-5-2)14-6-3/h7,10-12H,1,5-6,8-9H2,2-3H3. The zero-order valence-corrected chi connectivity index (χ0v) is 9.03. The summed E-state index contributed by atoms with van der Waals surface area (Å²) in [5, 5.41) is 9.54. The van der Waals surface area contributed by atoms with Gasteiger partial charge in [-0.05, 0) is 26.3 Å². The fourth-order valence-electron chi connectivity index (χ4n) is 1.09. The van der Waals surface area contributed by atoms with E-state index in [0.29, 0.717) is 26.1 Å². The number of aliphatic hydroxyl groups excluding tert-OH is 1. The minimum atomic E-state index is -0.452. The molecule has 0 aromatic heterocycles. The van der Waals surface area contributed by atoms with Crippen molar-refractivity contribution in [3.63, 3.8) is 0 Å². The summed E-state index contributed by atoms with van der Waals surface area (Å²) < 4.78 is 10.6. The van der Waals surface area contributed by atoms with E-state index in [9.17, 15) is 5.11 Å². The van der Waals surface area contributed by atoms with Crippen molar-refractivity contribution in [2.45, 2.75) is 39.1 Å². The summed E-state index contributed by atoms with van der Waals surface area (Å²) in [5.74, 6) is 0. The number of rotatable bonds is 8. The molecule has 0 aliphatic heterocycles. The van der Waals surface area contributed by atoms with E-state index in [0.717, 1.165) is 0 Å². The second kappa shape index (κ2) is 8.97. The maximum absolute atomic E-state index is 9.54. The molecule has 0 saturated carbocycles. The van der Waals surface area contributed by atoms with Crippen molar-refractivity contribution in [1.82, 2.24) is 0 Å². The Labute approximate surface area is 86.0 Å². The topological polar surface area (TPSA) is 38.7 Å². The lowest BCUT2D eigenvalue weighted by atomic mass is 10.2. The van der Waals surface area contributed by atoms with E-state index >= 15 is 0 Å². The Kier molecular flexibility index (Phi) is 8.59. The lowest BCUT2D eigenvalue weighted by Gasteiger charge is -2.19. The molecule has 0 spiro atoms. The van der Waals surface area contributed by atoms with Gasteiger partial charge in [-0.1, -0.05) is 6.58 Å². The molecule has 0 amide bonds. The van der Waals surface area contributed by atoms with Gasteiger partial charge in [-0.2, -0.15) is 0 Å². The molecule has 0 aliphatic rings. The molecular formula is C11H20O3. The van der Waals surface area contributed by atoms with Crippen LogP contribution in [0.15, 0.2) is 18.4 Å². The molecule has 1 unspecified atom stereocenters. The van der Waals surface area contributed by atoms with Crippen molar-refractivity contribution >= 4 is 0 Å². The van der Waals surface area contributed by atoms with Crippen molar-refractivity contribution in [2.75, 3.05) is 13.2 Å². The summed E-state index contributed by atoms with van der Waals surface area (Å²) in [6, 6.07) is 0. The minimum Gasteiger partial charge on any atom is -0.393 e. The normalized spacial score (nSPS) is 12.6. The lowest BCUT2D eigenvalue weighted by molar-refractivity contribution is -0.152. The van der Waals surface area contributed by atoms with Gasteiger partial charge in [-0.25, -0.2) is 0 Å². The van der Waals surface area contributed by atoms with E-state index in [4.69, 9.17) is 9.47 Å². The molecule has 0 heterocycles. The van der Waals surface area contributed by atoms with Crippen LogP contribution in [0.1, 0.15) is 26.7 Å². The SMILES string of the molecule is C=C=CCC(O)CC(OCC)OCC. The average Bonchev–Trinajstić information content (AvgIpc) is 2.15. The van der Waals surface area contributed by atoms with Crippen molar-refractivity contribution in [3.8, 4) is 0 Å². The van der Waals surface area contributed by atoms with E-state index in [-0.39, 0.29) is 6.29 Å². The molecule has 82 valence electrons. The Morgan fingerprint density at radius 2 is 1.93 bits per heavy atom. The summed E-state index contributed by atoms with van der Waals surface area (Å²) >= 11 is 0. The van der Waals surface area contributed by atoms with Crippen LogP contribution >= 0.6 is 0 Å². The molecule has 14 heavy (non-hydrogen) atoms. The second-order valence-corrected chi connectivity index (χ2v) is 2.87. The van der Waals surface area contributed by atoms with Gasteiger partial charge < -0.3 is 14.6 Å². The van der Waals surface area contributed by atoms with Crippen LogP contribution in [-0.4, -0.2) is 30.7 Å². The molecule has 0 fully saturated rings. The third-order valence-electron chi connectivity index (χ3n) is 1.70. The van der Waals surface area contributed by atoms with Crippen LogP contribution in [0.2, 0.25) is 0 Å². The summed E-state index contributed by atoms with van der Waals surface area (Å²) in [5.41, 5.74) is 2.62. The summed E-state index contributed by atoms with van der Waals surface area (Å²) in [6.07, 6.45) is 1.98. The fourth-order valence-corrected chi connectivity index (χ4v) is 1.09. The monoisotopic (exact) mass is 200 g/mol. The Morgan fingerprint density at radius 1 is 1.36 bits per heavy atom. The van der Waals surface area contributed by atoms with Gasteiger partial charge in [0.2, 0.25) is 0 Å². The lowest BCUT2D eigenvalue weighted by Crippen LogP contribution is -2.23. The summed E-state index contributed by atoms with van der Waals surface area (Å²) in [4.78, 5) is 0. The fraction of sp³-hybridized carbons (Fsp3) is 0.727. The molecule has 0 radical (unpaired) electrons. The average molecular weight is 200 g/mol. The molecule has 0 aromatic carbocycles. The van der Waals surface area contributed by atoms with Crippen LogP contribution in [0.25, 0.3) is 0 Å². The van der Waals surface area contributed by atoms with Crippen molar-refractivity contribution in [1.29, 1.82) is 0 Å². The molecule has 3 nitrogen and oxygen atoms in total. The summed E-state index contributed by atoms with van der Waals surface area (Å²) in [7, 11) is 0. The molecule has 0 saturated heterocycles. The number of hydrogen-bond acceptors (Lipinski definition) is 3. The van der Waals surface area contributed by atoms with E-state index in [1.807, 2.05) is 13.8 Å². The number of aliphatic hydroxyl groups is 1. The van der Waals surface area contributed by atoms with Crippen LogP contribution in [-0.2, 0) is 9.47 Å². The van der Waals surface area contributed by atoms with Gasteiger partial charge in [0, 0.05) is 19.6 Å². The molecule has 0 bridgehead atoms. The highest BCUT2D eigenvalue weighted by atomic mass is 16.7. The third kappa shape index (κ3) is 6.87. The first-order valence-corrected chi connectivity index (χ1v) is 5.00. The van der Waals surface area contributed by atoms with Gasteiger partial charge in [-0.15, -0.1) is 5.73 Å². The maximum atomic E-state index is 9.54. The van der Waals surface area contributed by atoms with E-state index in [1.165, 1.54) is 0 Å². The van der Waals surface area contributed by atoms with Crippen LogP contribution in [0.4, 0.5) is 0 Å². The van der Waals surface area contributed by atoms with Crippen molar-refractivity contribution < 1.29 is 14.6 Å². The van der Waals surface area contributed by atoms with Gasteiger partial charge in [-0.3, -0.25) is 0 Å². The highest BCUT2D eigenvalue weighted by Crippen LogP contribution is 2.08. The first-order valence-electron chi connectivity index (χ1n) is 5.00. The third-order valence-corrected chi connectivity index (χ3v) is 1.70. The van der Waals surface area contributed by atoms with Crippen LogP contribution < -0.4 is 0 Å². The smallest absolute Gasteiger partial charge is 0.160 e. The predicted molar refractivity (Wildman–Crippen MR) is 56.0 cm³/mol. The largest absolute Gasteiger partial charge is 0.393 e. The highest BCUT2D eigenvalue weighted by Gasteiger charge is 2.13. The Hall–Kier alpha value is -0.600. The van der Waals surface area contributed by atoms with E-state index in [1.54, 1.807) is 6.08 Å². The Balaban J connectivity index is 3.81. The number of hydrogen-bond donors (Lipinski definition) is 1. The minimum absolute atomic E-state index is 0.307. The zero-order valence-electron chi connectivity index (χ0n) is 9.03. The van der Waals surface area contributed by atoms with E-state index in [2.05, 4.69) is 12.3 Å². The van der Waals surface area contributed by atoms with Crippen LogP contribution in [0.5, 0.6) is 0 Å². The number of ether oxygens (including phenoxy) is 2. The Bertz CT molecular complexity index is 167. The van der Waals surface area contributed by atoms with Crippen molar-refractivity contribution in [3.05, 3.63) is 18.4 Å². The van der Waals surface area contributed by atoms with Gasteiger partial charge in [0.1, 0.15) is 0 Å². The van der Waals surface area contributed by atoms with Gasteiger partial charge in [0.25, 0.3) is 0 Å². The molecular weight excluding hydrogens is 180 g/mol. The molecule has 0 aliphatic carbocycles. The predicted octanol–water partition coefficient (Wildman–Crippen LogP) is 1.87. The maximum Gasteiger partial charge on any atom is 0.160 e. The van der Waals surface area contributed by atoms with Crippen LogP contribution in [0.3, 0.4) is 0 Å². The molecule has 0 aromatic rings. The van der Waals surface area contributed by atoms with Gasteiger partial charge in [0.05, 0.1) is 6.10 Å². The quantitative estimate of drug-likeness (QED) is 0.480. The molecule has 1 atom stereocenters. The first kappa shape index (κ1) is 13.4. The molecule has 0 rings (SSSR count). The van der Waals surface area contributed by atoms with E-state index < -0.39 is 6.10 Å².